The molecule has 8 nitrogen and oxygen atoms in total. The lowest BCUT2D eigenvalue weighted by atomic mass is 10.00. The number of fused-ring (bicyclic) bond motifs is 1. The molecule has 9 heteroatoms. The van der Waals surface area contributed by atoms with Crippen molar-refractivity contribution >= 4 is 34.4 Å². The van der Waals surface area contributed by atoms with E-state index in [-0.39, 0.29) is 24.7 Å². The first-order valence-corrected chi connectivity index (χ1v) is 10.3. The largest absolute Gasteiger partial charge is 0.469 e. The van der Waals surface area contributed by atoms with E-state index >= 15 is 0 Å². The van der Waals surface area contributed by atoms with Crippen molar-refractivity contribution in [2.45, 2.75) is 39.7 Å². The minimum Gasteiger partial charge on any atom is -0.469 e. The molecular formula is C22H26ClN3O5. The number of ether oxygens (including phenoxy) is 2. The van der Waals surface area contributed by atoms with Crippen molar-refractivity contribution in [3.63, 3.8) is 0 Å². The number of aromatic amines is 1. The van der Waals surface area contributed by atoms with Crippen LogP contribution in [0.1, 0.15) is 40.2 Å². The summed E-state index contributed by atoms with van der Waals surface area (Å²) in [5.41, 5.74) is 4.95. The van der Waals surface area contributed by atoms with Crippen LogP contribution < -0.4 is 0 Å². The summed E-state index contributed by atoms with van der Waals surface area (Å²) in [7, 11) is 2.64. The third-order valence-corrected chi connectivity index (χ3v) is 5.73. The van der Waals surface area contributed by atoms with E-state index in [1.54, 1.807) is 6.07 Å². The van der Waals surface area contributed by atoms with Crippen LogP contribution in [-0.4, -0.2) is 52.6 Å². The number of hydrogen-bond donors (Lipinski definition) is 2. The number of hydrogen-bond acceptors (Lipinski definition) is 6. The summed E-state index contributed by atoms with van der Waals surface area (Å²) in [6.07, 6.45) is 0.974. The Morgan fingerprint density at radius 2 is 1.97 bits per heavy atom. The van der Waals surface area contributed by atoms with Crippen molar-refractivity contribution in [1.82, 2.24) is 14.8 Å². The molecule has 3 rings (SSSR count). The van der Waals surface area contributed by atoms with Crippen LogP contribution >= 0.6 is 11.6 Å². The van der Waals surface area contributed by atoms with Gasteiger partial charge in [0.05, 0.1) is 36.1 Å². The molecule has 0 fully saturated rings. The monoisotopic (exact) mass is 447 g/mol. The Bertz CT molecular complexity index is 1130. The van der Waals surface area contributed by atoms with Crippen molar-refractivity contribution < 1.29 is 24.2 Å². The standard InChI is InChI=1S/C22H26ClN3O5/c1-12-13(2)25-26(10-5-11-27)21(12)18-16(23)8-6-14-15(7-9-17(28)30-3)20(22(29)31-4)24-19(14)18/h6,8,24,27H,5,7,9-11H2,1-4H3. The fourth-order valence-electron chi connectivity index (χ4n) is 3.76. The maximum absolute atomic E-state index is 12.5. The molecule has 166 valence electrons. The Hall–Kier alpha value is -2.84. The quantitative estimate of drug-likeness (QED) is 0.511. The van der Waals surface area contributed by atoms with Gasteiger partial charge in [0.1, 0.15) is 5.69 Å². The van der Waals surface area contributed by atoms with E-state index in [1.165, 1.54) is 14.2 Å². The van der Waals surface area contributed by atoms with E-state index < -0.39 is 5.97 Å². The number of H-pyrrole nitrogens is 1. The molecule has 0 atom stereocenters. The summed E-state index contributed by atoms with van der Waals surface area (Å²) in [4.78, 5) is 27.4. The first-order valence-electron chi connectivity index (χ1n) is 9.97. The summed E-state index contributed by atoms with van der Waals surface area (Å²) in [6.45, 7) is 4.44. The zero-order valence-corrected chi connectivity index (χ0v) is 18.8. The molecule has 0 saturated heterocycles. The van der Waals surface area contributed by atoms with Crippen LogP contribution in [0.15, 0.2) is 12.1 Å². The molecule has 0 aliphatic heterocycles. The maximum atomic E-state index is 12.5. The zero-order chi connectivity index (χ0) is 22.7. The van der Waals surface area contributed by atoms with Gasteiger partial charge in [0.15, 0.2) is 0 Å². The SMILES string of the molecule is COC(=O)CCc1c(C(=O)OC)[nH]c2c(-c3c(C)c(C)nn3CCCO)c(Cl)ccc12. The number of carbonyl (C=O) groups is 2. The fourth-order valence-corrected chi connectivity index (χ4v) is 4.01. The van der Waals surface area contributed by atoms with Gasteiger partial charge in [0.25, 0.3) is 0 Å². The molecule has 2 aromatic heterocycles. The minimum atomic E-state index is -0.528. The molecule has 0 radical (unpaired) electrons. The highest BCUT2D eigenvalue weighted by atomic mass is 35.5. The lowest BCUT2D eigenvalue weighted by Crippen LogP contribution is -2.07. The molecule has 2 heterocycles. The molecule has 0 aliphatic rings. The Labute approximate surface area is 185 Å². The Morgan fingerprint density at radius 3 is 2.61 bits per heavy atom. The van der Waals surface area contributed by atoms with Crippen LogP contribution in [-0.2, 0) is 27.2 Å². The van der Waals surface area contributed by atoms with Gasteiger partial charge < -0.3 is 19.6 Å². The average Bonchev–Trinajstić information content (AvgIpc) is 3.27. The number of aromatic nitrogens is 3. The number of benzene rings is 1. The van der Waals surface area contributed by atoms with E-state index in [1.807, 2.05) is 24.6 Å². The van der Waals surface area contributed by atoms with Crippen molar-refractivity contribution in [2.75, 3.05) is 20.8 Å². The highest BCUT2D eigenvalue weighted by Crippen LogP contribution is 2.39. The minimum absolute atomic E-state index is 0.0436. The molecule has 0 bridgehead atoms. The van der Waals surface area contributed by atoms with E-state index in [9.17, 15) is 14.7 Å². The number of aliphatic hydroxyl groups is 1. The number of esters is 2. The number of halogens is 1. The van der Waals surface area contributed by atoms with Gasteiger partial charge >= 0.3 is 11.9 Å². The normalized spacial score (nSPS) is 11.2. The van der Waals surface area contributed by atoms with Crippen LogP contribution in [0.5, 0.6) is 0 Å². The number of nitrogens with zero attached hydrogens (tertiary/aromatic N) is 2. The molecule has 0 saturated carbocycles. The van der Waals surface area contributed by atoms with Crippen LogP contribution in [0.4, 0.5) is 0 Å². The van der Waals surface area contributed by atoms with E-state index in [0.29, 0.717) is 41.1 Å². The lowest BCUT2D eigenvalue weighted by Gasteiger charge is -2.11. The molecule has 0 unspecified atom stereocenters. The predicted molar refractivity (Wildman–Crippen MR) is 117 cm³/mol. The van der Waals surface area contributed by atoms with E-state index in [0.717, 1.165) is 22.3 Å². The van der Waals surface area contributed by atoms with Gasteiger partial charge in [-0.15, -0.1) is 0 Å². The predicted octanol–water partition coefficient (Wildman–Crippen LogP) is 3.58. The molecule has 0 amide bonds. The number of methoxy groups -OCH3 is 2. The number of rotatable bonds is 8. The van der Waals surface area contributed by atoms with Gasteiger partial charge in [-0.2, -0.15) is 5.10 Å². The van der Waals surface area contributed by atoms with Gasteiger partial charge in [-0.1, -0.05) is 17.7 Å². The second kappa shape index (κ2) is 9.53. The summed E-state index contributed by atoms with van der Waals surface area (Å²) in [5.74, 6) is -0.896. The number of aliphatic hydroxyl groups excluding tert-OH is 1. The van der Waals surface area contributed by atoms with Gasteiger partial charge in [-0.25, -0.2) is 4.79 Å². The summed E-state index contributed by atoms with van der Waals surface area (Å²) in [6, 6.07) is 3.60. The average molecular weight is 448 g/mol. The molecule has 0 spiro atoms. The van der Waals surface area contributed by atoms with Crippen LogP contribution in [0, 0.1) is 13.8 Å². The topological polar surface area (TPSA) is 106 Å². The summed E-state index contributed by atoms with van der Waals surface area (Å²) in [5, 5.41) is 15.2. The van der Waals surface area contributed by atoms with Gasteiger partial charge in [0.2, 0.25) is 0 Å². The van der Waals surface area contributed by atoms with Crippen LogP contribution in [0.2, 0.25) is 5.02 Å². The Kier molecular flexibility index (Phi) is 7.02. The highest BCUT2D eigenvalue weighted by molar-refractivity contribution is 6.35. The zero-order valence-electron chi connectivity index (χ0n) is 18.0. The first kappa shape index (κ1) is 22.8. The number of carbonyl (C=O) groups excluding carboxylic acids is 2. The molecule has 1 aromatic carbocycles. The molecule has 2 N–H and O–H groups in total. The Balaban J connectivity index is 2.27. The van der Waals surface area contributed by atoms with Crippen LogP contribution in [0.3, 0.4) is 0 Å². The highest BCUT2D eigenvalue weighted by Gasteiger charge is 2.25. The fraction of sp³-hybridized carbons (Fsp3) is 0.409. The van der Waals surface area contributed by atoms with Crippen molar-refractivity contribution in [3.05, 3.63) is 39.7 Å². The van der Waals surface area contributed by atoms with Crippen LogP contribution in [0.25, 0.3) is 22.2 Å². The molecule has 0 aliphatic carbocycles. The third kappa shape index (κ3) is 4.31. The number of aryl methyl sites for hydroxylation is 3. The first-order chi connectivity index (χ1) is 14.8. The van der Waals surface area contributed by atoms with Gasteiger partial charge in [-0.05, 0) is 43.9 Å². The van der Waals surface area contributed by atoms with Crippen molar-refractivity contribution in [3.8, 4) is 11.3 Å². The second-order valence-electron chi connectivity index (χ2n) is 7.25. The summed E-state index contributed by atoms with van der Waals surface area (Å²) < 4.78 is 11.5. The number of nitrogens with one attached hydrogen (secondary N) is 1. The Morgan fingerprint density at radius 1 is 1.23 bits per heavy atom. The lowest BCUT2D eigenvalue weighted by molar-refractivity contribution is -0.140. The third-order valence-electron chi connectivity index (χ3n) is 5.42. The van der Waals surface area contributed by atoms with E-state index in [2.05, 4.69) is 10.1 Å². The smallest absolute Gasteiger partial charge is 0.354 e. The molecule has 31 heavy (non-hydrogen) atoms. The van der Waals surface area contributed by atoms with Crippen molar-refractivity contribution in [2.24, 2.45) is 0 Å². The molecular weight excluding hydrogens is 422 g/mol. The van der Waals surface area contributed by atoms with Gasteiger partial charge in [0, 0.05) is 30.5 Å². The van der Waals surface area contributed by atoms with Crippen molar-refractivity contribution in [1.29, 1.82) is 0 Å². The summed E-state index contributed by atoms with van der Waals surface area (Å²) >= 11 is 6.65. The molecule has 3 aromatic rings. The maximum Gasteiger partial charge on any atom is 0.354 e. The van der Waals surface area contributed by atoms with Gasteiger partial charge in [-0.3, -0.25) is 9.48 Å². The van der Waals surface area contributed by atoms with E-state index in [4.69, 9.17) is 21.1 Å². The second-order valence-corrected chi connectivity index (χ2v) is 7.66.